The molecule has 0 aromatic carbocycles. The fraction of sp³-hybridized carbons (Fsp3) is 0.545. The molecule has 86 valence electrons. The van der Waals surface area contributed by atoms with E-state index in [0.29, 0.717) is 5.69 Å². The minimum Gasteiger partial charge on any atom is -0.469 e. The number of nitrogens with one attached hydrogen (secondary N) is 1. The lowest BCUT2D eigenvalue weighted by atomic mass is 9.94. The van der Waals surface area contributed by atoms with Crippen LogP contribution in [0.25, 0.3) is 0 Å². The monoisotopic (exact) mass is 222 g/mol. The molecule has 0 radical (unpaired) electrons. The van der Waals surface area contributed by atoms with Gasteiger partial charge in [-0.05, 0) is 25.7 Å². The smallest absolute Gasteiger partial charge is 0.313 e. The van der Waals surface area contributed by atoms with Gasteiger partial charge in [0.2, 0.25) is 0 Å². The Labute approximate surface area is 93.2 Å². The average molecular weight is 222 g/mol. The molecular weight excluding hydrogens is 208 g/mol. The average Bonchev–Trinajstić information content (AvgIpc) is 2.72. The summed E-state index contributed by atoms with van der Waals surface area (Å²) in [6.45, 7) is 0. The maximum Gasteiger partial charge on any atom is 0.313 e. The van der Waals surface area contributed by atoms with Crippen LogP contribution in [0.3, 0.4) is 0 Å². The molecule has 0 amide bonds. The van der Waals surface area contributed by atoms with Crippen molar-refractivity contribution in [3.05, 3.63) is 17.0 Å². The molecule has 0 aliphatic heterocycles. The first-order valence-electron chi connectivity index (χ1n) is 5.38. The Bertz CT molecular complexity index is 423. The van der Waals surface area contributed by atoms with Gasteiger partial charge in [-0.2, -0.15) is 5.10 Å². The Morgan fingerprint density at radius 2 is 2.12 bits per heavy atom. The second kappa shape index (κ2) is 4.47. The summed E-state index contributed by atoms with van der Waals surface area (Å²) in [5.41, 5.74) is 2.44. The van der Waals surface area contributed by atoms with Crippen molar-refractivity contribution in [2.45, 2.75) is 32.1 Å². The van der Waals surface area contributed by atoms with Crippen LogP contribution in [0.4, 0.5) is 0 Å². The molecular formula is C11H14N2O3. The lowest BCUT2D eigenvalue weighted by Crippen LogP contribution is -2.12. The highest BCUT2D eigenvalue weighted by molar-refractivity contribution is 6.05. The van der Waals surface area contributed by atoms with E-state index in [1.54, 1.807) is 0 Å². The van der Waals surface area contributed by atoms with E-state index in [0.717, 1.165) is 36.9 Å². The van der Waals surface area contributed by atoms with Crippen molar-refractivity contribution in [3.63, 3.8) is 0 Å². The fourth-order valence-electron chi connectivity index (χ4n) is 2.00. The number of aryl methyl sites for hydroxylation is 1. The maximum absolute atomic E-state index is 11.8. The van der Waals surface area contributed by atoms with Crippen LogP contribution in [-0.2, 0) is 22.4 Å². The molecule has 0 fully saturated rings. The SMILES string of the molecule is COC(=O)CC(=O)c1n[nH]c2c1CCCC2. The van der Waals surface area contributed by atoms with Gasteiger partial charge < -0.3 is 4.74 Å². The summed E-state index contributed by atoms with van der Waals surface area (Å²) in [6.07, 6.45) is 3.78. The first-order chi connectivity index (χ1) is 7.72. The number of fused-ring (bicyclic) bond motifs is 1. The van der Waals surface area contributed by atoms with Crippen molar-refractivity contribution in [1.29, 1.82) is 0 Å². The molecule has 0 saturated carbocycles. The number of carbonyl (C=O) groups is 2. The van der Waals surface area contributed by atoms with Crippen molar-refractivity contribution in [1.82, 2.24) is 10.2 Å². The van der Waals surface area contributed by atoms with Crippen molar-refractivity contribution >= 4 is 11.8 Å². The van der Waals surface area contributed by atoms with Crippen molar-refractivity contribution < 1.29 is 14.3 Å². The van der Waals surface area contributed by atoms with Gasteiger partial charge in [-0.3, -0.25) is 14.7 Å². The van der Waals surface area contributed by atoms with Crippen LogP contribution in [0.2, 0.25) is 0 Å². The zero-order valence-corrected chi connectivity index (χ0v) is 9.21. The third kappa shape index (κ3) is 1.98. The maximum atomic E-state index is 11.8. The molecule has 0 saturated heterocycles. The minimum atomic E-state index is -0.516. The predicted octanol–water partition coefficient (Wildman–Crippen LogP) is 1.03. The van der Waals surface area contributed by atoms with E-state index in [4.69, 9.17) is 0 Å². The van der Waals surface area contributed by atoms with Crippen LogP contribution in [0.15, 0.2) is 0 Å². The minimum absolute atomic E-state index is 0.228. The number of nitrogens with zero attached hydrogens (tertiary/aromatic N) is 1. The molecule has 0 bridgehead atoms. The number of H-pyrrole nitrogens is 1. The van der Waals surface area contributed by atoms with E-state index < -0.39 is 5.97 Å². The first kappa shape index (κ1) is 10.9. The Balaban J connectivity index is 2.17. The number of carbonyl (C=O) groups excluding carboxylic acids is 2. The molecule has 1 N–H and O–H groups in total. The van der Waals surface area contributed by atoms with Crippen molar-refractivity contribution in [2.24, 2.45) is 0 Å². The molecule has 5 nitrogen and oxygen atoms in total. The van der Waals surface area contributed by atoms with Crippen LogP contribution in [-0.4, -0.2) is 29.1 Å². The molecule has 2 rings (SSSR count). The number of aromatic amines is 1. The van der Waals surface area contributed by atoms with Crippen molar-refractivity contribution in [2.75, 3.05) is 7.11 Å². The van der Waals surface area contributed by atoms with Crippen LogP contribution >= 0.6 is 0 Å². The largest absolute Gasteiger partial charge is 0.469 e. The van der Waals surface area contributed by atoms with E-state index >= 15 is 0 Å². The molecule has 0 unspecified atom stereocenters. The van der Waals surface area contributed by atoms with Gasteiger partial charge in [0.05, 0.1) is 7.11 Å². The van der Waals surface area contributed by atoms with Gasteiger partial charge in [-0.1, -0.05) is 0 Å². The number of ketones is 1. The number of Topliss-reactive ketones (excluding diaryl/α,β-unsaturated/α-hetero) is 1. The summed E-state index contributed by atoms with van der Waals surface area (Å²) in [5, 5.41) is 6.88. The fourth-order valence-corrected chi connectivity index (χ4v) is 2.00. The standard InChI is InChI=1S/C11H14N2O3/c1-16-10(15)6-9(14)11-7-4-2-3-5-8(7)12-13-11/h2-6H2,1H3,(H,12,13). The highest BCUT2D eigenvalue weighted by atomic mass is 16.5. The molecule has 1 aliphatic rings. The molecule has 1 aromatic heterocycles. The Morgan fingerprint density at radius 3 is 2.88 bits per heavy atom. The molecule has 5 heteroatoms. The molecule has 1 heterocycles. The van der Waals surface area contributed by atoms with Gasteiger partial charge in [-0.15, -0.1) is 0 Å². The number of hydrogen-bond donors (Lipinski definition) is 1. The molecule has 1 aliphatic carbocycles. The summed E-state index contributed by atoms with van der Waals surface area (Å²) < 4.78 is 4.47. The Morgan fingerprint density at radius 1 is 1.38 bits per heavy atom. The topological polar surface area (TPSA) is 72.1 Å². The molecule has 1 aromatic rings. The summed E-state index contributed by atoms with van der Waals surface area (Å²) in [4.78, 5) is 22.8. The first-order valence-corrected chi connectivity index (χ1v) is 5.38. The van der Waals surface area contributed by atoms with E-state index in [2.05, 4.69) is 14.9 Å². The summed E-state index contributed by atoms with van der Waals surface area (Å²) in [5.74, 6) is -0.774. The van der Waals surface area contributed by atoms with Crippen LogP contribution in [0.5, 0.6) is 0 Å². The molecule has 16 heavy (non-hydrogen) atoms. The van der Waals surface area contributed by atoms with Gasteiger partial charge in [-0.25, -0.2) is 0 Å². The normalized spacial score (nSPS) is 14.3. The molecule has 0 atom stereocenters. The quantitative estimate of drug-likeness (QED) is 0.471. The van der Waals surface area contributed by atoms with E-state index in [-0.39, 0.29) is 12.2 Å². The third-order valence-corrected chi connectivity index (χ3v) is 2.85. The Kier molecular flexibility index (Phi) is 3.03. The predicted molar refractivity (Wildman–Crippen MR) is 56.2 cm³/mol. The van der Waals surface area contributed by atoms with E-state index in [1.807, 2.05) is 0 Å². The number of hydrogen-bond acceptors (Lipinski definition) is 4. The Hall–Kier alpha value is -1.65. The summed E-state index contributed by atoms with van der Waals surface area (Å²) in [6, 6.07) is 0. The van der Waals surface area contributed by atoms with Gasteiger partial charge in [0.1, 0.15) is 12.1 Å². The number of methoxy groups -OCH3 is 1. The van der Waals surface area contributed by atoms with Crippen LogP contribution < -0.4 is 0 Å². The summed E-state index contributed by atoms with van der Waals surface area (Å²) in [7, 11) is 1.27. The van der Waals surface area contributed by atoms with Crippen LogP contribution in [0.1, 0.15) is 41.0 Å². The molecule has 0 spiro atoms. The lowest BCUT2D eigenvalue weighted by molar-refractivity contribution is -0.139. The lowest BCUT2D eigenvalue weighted by Gasteiger charge is -2.10. The van der Waals surface area contributed by atoms with E-state index in [9.17, 15) is 9.59 Å². The van der Waals surface area contributed by atoms with Gasteiger partial charge in [0.25, 0.3) is 0 Å². The van der Waals surface area contributed by atoms with Gasteiger partial charge in [0, 0.05) is 11.3 Å². The highest BCUT2D eigenvalue weighted by Gasteiger charge is 2.23. The number of ether oxygens (including phenoxy) is 1. The zero-order chi connectivity index (χ0) is 11.5. The third-order valence-electron chi connectivity index (χ3n) is 2.85. The second-order valence-electron chi connectivity index (χ2n) is 3.91. The van der Waals surface area contributed by atoms with Crippen LogP contribution in [0, 0.1) is 0 Å². The van der Waals surface area contributed by atoms with Gasteiger partial charge >= 0.3 is 5.97 Å². The zero-order valence-electron chi connectivity index (χ0n) is 9.21. The summed E-state index contributed by atoms with van der Waals surface area (Å²) >= 11 is 0. The number of rotatable bonds is 3. The number of esters is 1. The van der Waals surface area contributed by atoms with Crippen molar-refractivity contribution in [3.8, 4) is 0 Å². The van der Waals surface area contributed by atoms with Gasteiger partial charge in [0.15, 0.2) is 5.78 Å². The van der Waals surface area contributed by atoms with E-state index in [1.165, 1.54) is 7.11 Å². The highest BCUT2D eigenvalue weighted by Crippen LogP contribution is 2.22. The number of aromatic nitrogens is 2. The second-order valence-corrected chi connectivity index (χ2v) is 3.91.